The Balaban J connectivity index is 2.63. The molecule has 0 aliphatic carbocycles. The normalized spacial score (nSPS) is 10.0. The van der Waals surface area contributed by atoms with E-state index in [0.29, 0.717) is 6.04 Å². The van der Waals surface area contributed by atoms with Gasteiger partial charge in [0.2, 0.25) is 0 Å². The third kappa shape index (κ3) is 3.96. The molecule has 0 spiro atoms. The summed E-state index contributed by atoms with van der Waals surface area (Å²) in [6.45, 7) is 8.84. The van der Waals surface area contributed by atoms with Crippen LogP contribution in [0.3, 0.4) is 0 Å². The molecule has 1 N–H and O–H groups in total. The molecule has 0 aliphatic rings. The zero-order valence-corrected chi connectivity index (χ0v) is 4.58. The Kier molecular flexibility index (Phi) is 3.14. The number of rotatable bonds is 2. The van der Waals surface area contributed by atoms with Crippen LogP contribution in [0.25, 0.3) is 0 Å². The van der Waals surface area contributed by atoms with Gasteiger partial charge in [-0.1, -0.05) is 13.8 Å². The molecule has 0 aromatic heterocycles. The summed E-state index contributed by atoms with van der Waals surface area (Å²) in [6.07, 6.45) is 0. The van der Waals surface area contributed by atoms with Gasteiger partial charge in [-0.05, 0) is 6.92 Å². The van der Waals surface area contributed by atoms with E-state index in [0.717, 1.165) is 0 Å². The smallest absolute Gasteiger partial charge is 0.0554 e. The molecule has 0 saturated carbocycles. The van der Waals surface area contributed by atoms with E-state index in [2.05, 4.69) is 25.7 Å². The SMILES string of the molecule is C[C]NC(C)C. The molecule has 0 saturated heterocycles. The van der Waals surface area contributed by atoms with Crippen molar-refractivity contribution in [3.8, 4) is 0 Å². The maximum atomic E-state index is 2.96. The molecular formula is C5H11N. The second kappa shape index (κ2) is 3.16. The number of hydrogen-bond acceptors (Lipinski definition) is 1. The van der Waals surface area contributed by atoms with Gasteiger partial charge in [-0.25, -0.2) is 0 Å². The summed E-state index contributed by atoms with van der Waals surface area (Å²) in [4.78, 5) is 0. The largest absolute Gasteiger partial charge is 0.306 e. The Labute approximate surface area is 39.7 Å². The van der Waals surface area contributed by atoms with Gasteiger partial charge < -0.3 is 5.32 Å². The van der Waals surface area contributed by atoms with E-state index in [1.54, 1.807) is 0 Å². The summed E-state index contributed by atoms with van der Waals surface area (Å²) < 4.78 is 0. The van der Waals surface area contributed by atoms with E-state index in [9.17, 15) is 0 Å². The summed E-state index contributed by atoms with van der Waals surface area (Å²) in [5.41, 5.74) is 0. The maximum absolute atomic E-state index is 2.96. The Bertz CT molecular complexity index is 25.1. The van der Waals surface area contributed by atoms with Gasteiger partial charge in [0.05, 0.1) is 6.54 Å². The first-order valence-corrected chi connectivity index (χ1v) is 2.19. The fraction of sp³-hybridized carbons (Fsp3) is 0.800. The minimum Gasteiger partial charge on any atom is -0.306 e. The van der Waals surface area contributed by atoms with Crippen LogP contribution in [0.15, 0.2) is 0 Å². The molecule has 1 nitrogen and oxygen atoms in total. The van der Waals surface area contributed by atoms with Crippen LogP contribution in [0.5, 0.6) is 0 Å². The van der Waals surface area contributed by atoms with Crippen LogP contribution >= 0.6 is 0 Å². The first-order chi connectivity index (χ1) is 2.77. The van der Waals surface area contributed by atoms with E-state index in [1.165, 1.54) is 0 Å². The van der Waals surface area contributed by atoms with E-state index in [1.807, 2.05) is 6.92 Å². The molecule has 0 aromatic rings. The molecule has 2 radical (unpaired) electrons. The Hall–Kier alpha value is -0.0400. The van der Waals surface area contributed by atoms with Crippen LogP contribution in [0.2, 0.25) is 0 Å². The molecule has 0 atom stereocenters. The molecule has 6 heavy (non-hydrogen) atoms. The third-order valence-corrected chi connectivity index (χ3v) is 0.433. The zero-order chi connectivity index (χ0) is 4.99. The van der Waals surface area contributed by atoms with Gasteiger partial charge >= 0.3 is 0 Å². The number of nitrogens with one attached hydrogen (secondary N) is 1. The Morgan fingerprint density at radius 2 is 2.00 bits per heavy atom. The molecule has 0 heterocycles. The topological polar surface area (TPSA) is 12.0 Å². The van der Waals surface area contributed by atoms with Gasteiger partial charge in [0, 0.05) is 6.04 Å². The Morgan fingerprint density at radius 1 is 1.50 bits per heavy atom. The summed E-state index contributed by atoms with van der Waals surface area (Å²) in [6, 6.07) is 0.537. The van der Waals surface area contributed by atoms with Crippen molar-refractivity contribution in [3.63, 3.8) is 0 Å². The van der Waals surface area contributed by atoms with Gasteiger partial charge in [0.15, 0.2) is 0 Å². The average molecular weight is 85.2 g/mol. The first-order valence-electron chi connectivity index (χ1n) is 2.19. The lowest BCUT2D eigenvalue weighted by molar-refractivity contribution is 0.664. The molecule has 36 valence electrons. The number of hydrogen-bond donors (Lipinski definition) is 1. The van der Waals surface area contributed by atoms with Crippen molar-refractivity contribution < 1.29 is 0 Å². The van der Waals surface area contributed by atoms with Crippen LogP contribution in [-0.2, 0) is 0 Å². The predicted molar refractivity (Wildman–Crippen MR) is 27.2 cm³/mol. The molecule has 0 rings (SSSR count). The predicted octanol–water partition coefficient (Wildman–Crippen LogP) is 1.04. The second-order valence-corrected chi connectivity index (χ2v) is 1.55. The summed E-state index contributed by atoms with van der Waals surface area (Å²) in [5.74, 6) is 0. The lowest BCUT2D eigenvalue weighted by Gasteiger charge is -1.99. The van der Waals surface area contributed by atoms with Crippen molar-refractivity contribution in [3.05, 3.63) is 6.54 Å². The average Bonchev–Trinajstić information content (AvgIpc) is 1.35. The fourth-order valence-electron chi connectivity index (χ4n) is 0.289. The van der Waals surface area contributed by atoms with E-state index < -0.39 is 0 Å². The lowest BCUT2D eigenvalue weighted by Crippen LogP contribution is -2.17. The summed E-state index contributed by atoms with van der Waals surface area (Å²) in [7, 11) is 0. The van der Waals surface area contributed by atoms with Gasteiger partial charge in [0.1, 0.15) is 0 Å². The van der Waals surface area contributed by atoms with Crippen molar-refractivity contribution in [2.24, 2.45) is 0 Å². The molecular weight excluding hydrogens is 74.1 g/mol. The van der Waals surface area contributed by atoms with Crippen LogP contribution in [-0.4, -0.2) is 6.04 Å². The second-order valence-electron chi connectivity index (χ2n) is 1.55. The molecule has 0 fully saturated rings. The highest BCUT2D eigenvalue weighted by Gasteiger charge is 1.83. The minimum absolute atomic E-state index is 0.537. The highest BCUT2D eigenvalue weighted by atomic mass is 14.9. The van der Waals surface area contributed by atoms with Crippen molar-refractivity contribution in [2.45, 2.75) is 26.8 Å². The van der Waals surface area contributed by atoms with Gasteiger partial charge in [-0.15, -0.1) is 0 Å². The quantitative estimate of drug-likeness (QED) is 0.494. The monoisotopic (exact) mass is 85.1 g/mol. The van der Waals surface area contributed by atoms with Crippen molar-refractivity contribution >= 4 is 0 Å². The molecule has 0 aromatic carbocycles. The highest BCUT2D eigenvalue weighted by Crippen LogP contribution is 1.74. The van der Waals surface area contributed by atoms with Crippen LogP contribution < -0.4 is 5.32 Å². The molecule has 0 amide bonds. The molecule has 0 bridgehead atoms. The zero-order valence-electron chi connectivity index (χ0n) is 4.58. The summed E-state index contributed by atoms with van der Waals surface area (Å²) in [5, 5.41) is 2.96. The third-order valence-electron chi connectivity index (χ3n) is 0.433. The molecule has 0 unspecified atom stereocenters. The van der Waals surface area contributed by atoms with Crippen LogP contribution in [0.4, 0.5) is 0 Å². The van der Waals surface area contributed by atoms with E-state index in [4.69, 9.17) is 0 Å². The minimum atomic E-state index is 0.537. The molecule has 1 heteroatoms. The van der Waals surface area contributed by atoms with E-state index >= 15 is 0 Å². The maximum Gasteiger partial charge on any atom is 0.0554 e. The van der Waals surface area contributed by atoms with Crippen molar-refractivity contribution in [1.82, 2.24) is 5.32 Å². The van der Waals surface area contributed by atoms with Gasteiger partial charge in [-0.2, -0.15) is 0 Å². The standard InChI is InChI=1S/C5H11N/c1-4-6-5(2)3/h5-6H,1-3H3. The fourth-order valence-corrected chi connectivity index (χ4v) is 0.289. The first kappa shape index (κ1) is 5.96. The van der Waals surface area contributed by atoms with Crippen molar-refractivity contribution in [2.75, 3.05) is 0 Å². The van der Waals surface area contributed by atoms with Gasteiger partial charge in [0.25, 0.3) is 0 Å². The van der Waals surface area contributed by atoms with Crippen molar-refractivity contribution in [1.29, 1.82) is 0 Å². The highest BCUT2D eigenvalue weighted by molar-refractivity contribution is 4.56. The lowest BCUT2D eigenvalue weighted by atomic mass is 10.4. The van der Waals surface area contributed by atoms with Crippen LogP contribution in [0, 0.1) is 6.54 Å². The molecule has 0 aliphatic heterocycles. The summed E-state index contributed by atoms with van der Waals surface area (Å²) >= 11 is 0. The van der Waals surface area contributed by atoms with E-state index in [-0.39, 0.29) is 0 Å². The van der Waals surface area contributed by atoms with Crippen LogP contribution in [0.1, 0.15) is 20.8 Å². The van der Waals surface area contributed by atoms with Gasteiger partial charge in [-0.3, -0.25) is 0 Å². The Morgan fingerprint density at radius 3 is 2.00 bits per heavy atom.